The number of nitrogens with zero attached hydrogens (tertiary/aromatic N) is 4. The zero-order valence-electron chi connectivity index (χ0n) is 15.6. The Morgan fingerprint density at radius 1 is 1.23 bits per heavy atom. The van der Waals surface area contributed by atoms with Crippen molar-refractivity contribution in [2.24, 2.45) is 0 Å². The number of hydrogen-bond donors (Lipinski definition) is 1. The Kier molecular flexibility index (Phi) is 5.70. The van der Waals surface area contributed by atoms with Crippen LogP contribution in [-0.2, 0) is 4.79 Å². The Morgan fingerprint density at radius 3 is 2.54 bits per heavy atom. The second kappa shape index (κ2) is 7.99. The third kappa shape index (κ3) is 3.51. The maximum atomic E-state index is 13.1. The minimum atomic E-state index is -0.302. The van der Waals surface area contributed by atoms with Crippen LogP contribution in [0.3, 0.4) is 0 Å². The Morgan fingerprint density at radius 2 is 1.92 bits per heavy atom. The van der Waals surface area contributed by atoms with E-state index in [-0.39, 0.29) is 17.2 Å². The minimum absolute atomic E-state index is 0.110. The number of amides is 1. The van der Waals surface area contributed by atoms with Gasteiger partial charge in [0.25, 0.3) is 0 Å². The molecule has 3 rings (SSSR count). The molecule has 1 aromatic carbocycles. The molecule has 1 aromatic heterocycles. The summed E-state index contributed by atoms with van der Waals surface area (Å²) in [5.74, 6) is 1.71. The summed E-state index contributed by atoms with van der Waals surface area (Å²) in [5, 5.41) is 8.73. The second-order valence-corrected chi connectivity index (χ2v) is 7.13. The molecular weight excluding hydrogens is 350 g/mol. The van der Waals surface area contributed by atoms with Gasteiger partial charge in [-0.15, -0.1) is 10.2 Å². The average Bonchev–Trinajstić information content (AvgIpc) is 3.03. The van der Waals surface area contributed by atoms with Crippen molar-refractivity contribution in [3.63, 3.8) is 0 Å². The largest absolute Gasteiger partial charge is 0.494 e. The van der Waals surface area contributed by atoms with Gasteiger partial charge in [-0.2, -0.15) is 0 Å². The summed E-state index contributed by atoms with van der Waals surface area (Å²) >= 11 is 1.47. The van der Waals surface area contributed by atoms with Crippen LogP contribution in [0.25, 0.3) is 0 Å². The number of benzene rings is 1. The molecule has 0 radical (unpaired) electrons. The number of carbonyl (C=O) groups is 1. The molecule has 0 spiro atoms. The minimum Gasteiger partial charge on any atom is -0.494 e. The van der Waals surface area contributed by atoms with Crippen LogP contribution in [-0.4, -0.2) is 50.6 Å². The highest BCUT2D eigenvalue weighted by molar-refractivity contribution is 8.00. The summed E-state index contributed by atoms with van der Waals surface area (Å²) in [7, 11) is 0. The molecule has 1 N–H and O–H groups in total. The fourth-order valence-corrected chi connectivity index (χ4v) is 4.26. The fraction of sp³-hybridized carbons (Fsp3) is 0.500. The molecule has 0 aliphatic carbocycles. The van der Waals surface area contributed by atoms with Crippen molar-refractivity contribution < 1.29 is 9.53 Å². The standard InChI is InChI=1S/C18H25N5O2S/c1-5-22(6-2)17(24)16-15(13-8-10-14(11-9-13)25-7-3)21-23-12(4)19-20-18(23)26-16/h8-11,15-16,21H,5-7H2,1-4H3. The van der Waals surface area contributed by atoms with Gasteiger partial charge in [-0.05, 0) is 45.4 Å². The number of aryl methyl sites for hydroxylation is 1. The maximum Gasteiger partial charge on any atom is 0.238 e. The maximum absolute atomic E-state index is 13.1. The monoisotopic (exact) mass is 375 g/mol. The van der Waals surface area contributed by atoms with Crippen molar-refractivity contribution in [1.82, 2.24) is 19.8 Å². The van der Waals surface area contributed by atoms with Crippen LogP contribution in [0.5, 0.6) is 5.75 Å². The Hall–Kier alpha value is -2.22. The molecule has 2 heterocycles. The van der Waals surface area contributed by atoms with Gasteiger partial charge in [0.2, 0.25) is 11.1 Å². The third-order valence-corrected chi connectivity index (χ3v) is 5.67. The molecule has 0 saturated carbocycles. The number of nitrogens with one attached hydrogen (secondary N) is 1. The van der Waals surface area contributed by atoms with E-state index in [2.05, 4.69) is 15.6 Å². The van der Waals surface area contributed by atoms with Crippen molar-refractivity contribution in [3.8, 4) is 5.75 Å². The molecule has 0 bridgehead atoms. The Bertz CT molecular complexity index is 757. The quantitative estimate of drug-likeness (QED) is 0.837. The lowest BCUT2D eigenvalue weighted by Crippen LogP contribution is -2.46. The molecule has 2 aromatic rings. The predicted molar refractivity (Wildman–Crippen MR) is 102 cm³/mol. The van der Waals surface area contributed by atoms with Crippen molar-refractivity contribution in [1.29, 1.82) is 0 Å². The molecule has 2 unspecified atom stereocenters. The first-order valence-electron chi connectivity index (χ1n) is 8.95. The SMILES string of the molecule is CCOc1ccc(C2Nn3c(C)nnc3SC2C(=O)N(CC)CC)cc1. The number of thioether (sulfide) groups is 1. The number of aromatic nitrogens is 3. The fourth-order valence-electron chi connectivity index (χ4n) is 3.05. The number of hydrogen-bond acceptors (Lipinski definition) is 6. The number of fused-ring (bicyclic) bond motifs is 1. The van der Waals surface area contributed by atoms with Crippen LogP contribution in [0, 0.1) is 6.92 Å². The average molecular weight is 375 g/mol. The zero-order chi connectivity index (χ0) is 18.7. The van der Waals surface area contributed by atoms with E-state index in [0.29, 0.717) is 19.7 Å². The summed E-state index contributed by atoms with van der Waals surface area (Å²) in [6.07, 6.45) is 0. The third-order valence-electron chi connectivity index (χ3n) is 4.47. The molecule has 1 aliphatic heterocycles. The smallest absolute Gasteiger partial charge is 0.238 e. The zero-order valence-corrected chi connectivity index (χ0v) is 16.4. The highest BCUT2D eigenvalue weighted by Crippen LogP contribution is 2.38. The van der Waals surface area contributed by atoms with Gasteiger partial charge in [0.1, 0.15) is 16.8 Å². The van der Waals surface area contributed by atoms with Gasteiger partial charge in [0.15, 0.2) is 0 Å². The molecule has 140 valence electrons. The van der Waals surface area contributed by atoms with Crippen LogP contribution in [0.2, 0.25) is 0 Å². The topological polar surface area (TPSA) is 72.3 Å². The first-order valence-corrected chi connectivity index (χ1v) is 9.83. The van der Waals surface area contributed by atoms with Gasteiger partial charge in [-0.1, -0.05) is 23.9 Å². The molecule has 0 saturated heterocycles. The van der Waals surface area contributed by atoms with Crippen molar-refractivity contribution in [3.05, 3.63) is 35.7 Å². The first kappa shape index (κ1) is 18.6. The van der Waals surface area contributed by atoms with E-state index in [9.17, 15) is 4.79 Å². The van der Waals surface area contributed by atoms with Gasteiger partial charge in [0.05, 0.1) is 12.6 Å². The molecular formula is C18H25N5O2S. The van der Waals surface area contributed by atoms with E-state index in [1.54, 1.807) is 0 Å². The second-order valence-electron chi connectivity index (χ2n) is 6.02. The van der Waals surface area contributed by atoms with E-state index in [1.807, 2.05) is 61.5 Å². The first-order chi connectivity index (χ1) is 12.6. The van der Waals surface area contributed by atoms with Crippen molar-refractivity contribution in [2.75, 3.05) is 25.1 Å². The lowest BCUT2D eigenvalue weighted by atomic mass is 10.0. The number of rotatable bonds is 6. The van der Waals surface area contributed by atoms with Gasteiger partial charge in [0, 0.05) is 13.1 Å². The van der Waals surface area contributed by atoms with Crippen LogP contribution in [0.4, 0.5) is 0 Å². The molecule has 8 heteroatoms. The summed E-state index contributed by atoms with van der Waals surface area (Å²) < 4.78 is 7.39. The molecule has 26 heavy (non-hydrogen) atoms. The predicted octanol–water partition coefficient (Wildman–Crippen LogP) is 2.61. The molecule has 7 nitrogen and oxygen atoms in total. The summed E-state index contributed by atoms with van der Waals surface area (Å²) in [6, 6.07) is 7.73. The van der Waals surface area contributed by atoms with Crippen molar-refractivity contribution in [2.45, 2.75) is 44.1 Å². The van der Waals surface area contributed by atoms with Gasteiger partial charge < -0.3 is 15.1 Å². The Balaban J connectivity index is 1.95. The van der Waals surface area contributed by atoms with Crippen LogP contribution in [0.1, 0.15) is 38.2 Å². The van der Waals surface area contributed by atoms with E-state index >= 15 is 0 Å². The molecule has 1 amide bonds. The highest BCUT2D eigenvalue weighted by Gasteiger charge is 2.38. The van der Waals surface area contributed by atoms with Gasteiger partial charge in [-0.25, -0.2) is 4.68 Å². The van der Waals surface area contributed by atoms with Crippen LogP contribution < -0.4 is 10.2 Å². The lowest BCUT2D eigenvalue weighted by Gasteiger charge is -2.35. The summed E-state index contributed by atoms with van der Waals surface area (Å²) in [5.41, 5.74) is 4.46. The van der Waals surface area contributed by atoms with Crippen molar-refractivity contribution >= 4 is 17.7 Å². The molecule has 2 atom stereocenters. The van der Waals surface area contributed by atoms with E-state index in [4.69, 9.17) is 4.74 Å². The molecule has 0 fully saturated rings. The Labute approximate surface area is 158 Å². The van der Waals surface area contributed by atoms with Crippen LogP contribution in [0.15, 0.2) is 29.4 Å². The van der Waals surface area contributed by atoms with E-state index < -0.39 is 0 Å². The van der Waals surface area contributed by atoms with Gasteiger partial charge >= 0.3 is 0 Å². The number of ether oxygens (including phenoxy) is 1. The summed E-state index contributed by atoms with van der Waals surface area (Å²) in [4.78, 5) is 15.0. The molecule has 1 aliphatic rings. The van der Waals surface area contributed by atoms with Crippen LogP contribution >= 0.6 is 11.8 Å². The lowest BCUT2D eigenvalue weighted by molar-refractivity contribution is -0.130. The van der Waals surface area contributed by atoms with Gasteiger partial charge in [-0.3, -0.25) is 4.79 Å². The highest BCUT2D eigenvalue weighted by atomic mass is 32.2. The van der Waals surface area contributed by atoms with E-state index in [1.165, 1.54) is 11.8 Å². The van der Waals surface area contributed by atoms with E-state index in [0.717, 1.165) is 22.3 Å². The summed E-state index contributed by atoms with van der Waals surface area (Å²) in [6.45, 7) is 9.86. The number of carbonyl (C=O) groups excluding carboxylic acids is 1. The normalized spacial score (nSPS) is 18.8.